The van der Waals surface area contributed by atoms with Crippen LogP contribution in [-0.4, -0.2) is 24.2 Å². The number of benzene rings is 1. The molecule has 22 heavy (non-hydrogen) atoms. The average Bonchev–Trinajstić information content (AvgIpc) is 2.55. The highest BCUT2D eigenvalue weighted by molar-refractivity contribution is 5.43. The first-order chi connectivity index (χ1) is 10.7. The minimum atomic E-state index is -0.257. The fourth-order valence-electron chi connectivity index (χ4n) is 2.66. The molecule has 0 aliphatic carbocycles. The van der Waals surface area contributed by atoms with Crippen molar-refractivity contribution in [2.24, 2.45) is 0 Å². The number of rotatable bonds is 2. The maximum atomic E-state index is 13.1. The van der Waals surface area contributed by atoms with Gasteiger partial charge in [-0.25, -0.2) is 9.37 Å². The van der Waals surface area contributed by atoms with Crippen LogP contribution in [0.4, 0.5) is 10.2 Å². The minimum absolute atomic E-state index is 0.0244. The highest BCUT2D eigenvalue weighted by Gasteiger charge is 2.27. The molecule has 2 heterocycles. The molecule has 1 saturated heterocycles. The van der Waals surface area contributed by atoms with Gasteiger partial charge in [-0.05, 0) is 36.8 Å². The van der Waals surface area contributed by atoms with Gasteiger partial charge in [0.25, 0.3) is 0 Å². The van der Waals surface area contributed by atoms with E-state index in [1.807, 2.05) is 19.1 Å². The molecule has 5 heteroatoms. The number of halogens is 1. The smallest absolute Gasteiger partial charge is 0.142 e. The maximum Gasteiger partial charge on any atom is 0.142 e. The van der Waals surface area contributed by atoms with Crippen LogP contribution in [0.5, 0.6) is 0 Å². The molecule has 0 bridgehead atoms. The Labute approximate surface area is 128 Å². The van der Waals surface area contributed by atoms with Crippen molar-refractivity contribution in [3.05, 3.63) is 59.5 Å². The summed E-state index contributed by atoms with van der Waals surface area (Å²) in [6, 6.07) is 13.8. The van der Waals surface area contributed by atoms with Gasteiger partial charge in [-0.1, -0.05) is 18.2 Å². The average molecular weight is 297 g/mol. The second-order valence-corrected chi connectivity index (χ2v) is 5.38. The Morgan fingerprint density at radius 2 is 2.00 bits per heavy atom. The first-order valence-corrected chi connectivity index (χ1v) is 7.19. The van der Waals surface area contributed by atoms with Crippen LogP contribution in [0.2, 0.25) is 0 Å². The van der Waals surface area contributed by atoms with E-state index < -0.39 is 0 Å². The molecule has 112 valence electrons. The van der Waals surface area contributed by atoms with Gasteiger partial charge in [-0.15, -0.1) is 0 Å². The van der Waals surface area contributed by atoms with E-state index in [-0.39, 0.29) is 18.0 Å². The standard InChI is InChI=1S/C17H16FN3O/c1-12-10-21(17-4-2-3-15(9-19)20-17)11-16(22-12)13-5-7-14(18)8-6-13/h2-8,12,16H,10-11H2,1H3. The molecular weight excluding hydrogens is 281 g/mol. The summed E-state index contributed by atoms with van der Waals surface area (Å²) in [5.74, 6) is 0.508. The zero-order valence-electron chi connectivity index (χ0n) is 12.2. The van der Waals surface area contributed by atoms with Gasteiger partial charge in [0.2, 0.25) is 0 Å². The Morgan fingerprint density at radius 3 is 2.73 bits per heavy atom. The normalized spacial score (nSPS) is 21.4. The number of pyridine rings is 1. The van der Waals surface area contributed by atoms with Crippen LogP contribution in [0, 0.1) is 17.1 Å². The predicted octanol–water partition coefficient (Wildman–Crippen LogP) is 3.06. The SMILES string of the molecule is CC1CN(c2cccc(C#N)n2)CC(c2ccc(F)cc2)O1. The van der Waals surface area contributed by atoms with E-state index in [0.29, 0.717) is 18.8 Å². The Bertz CT molecular complexity index is 696. The Balaban J connectivity index is 1.84. The molecule has 2 atom stereocenters. The highest BCUT2D eigenvalue weighted by atomic mass is 19.1. The molecule has 1 aromatic carbocycles. The second-order valence-electron chi connectivity index (χ2n) is 5.38. The van der Waals surface area contributed by atoms with Crippen LogP contribution in [0.25, 0.3) is 0 Å². The van der Waals surface area contributed by atoms with Crippen LogP contribution >= 0.6 is 0 Å². The number of anilines is 1. The third kappa shape index (κ3) is 3.07. The lowest BCUT2D eigenvalue weighted by Gasteiger charge is -2.37. The van der Waals surface area contributed by atoms with E-state index in [0.717, 1.165) is 11.4 Å². The summed E-state index contributed by atoms with van der Waals surface area (Å²) in [6.45, 7) is 3.33. The van der Waals surface area contributed by atoms with E-state index >= 15 is 0 Å². The van der Waals surface area contributed by atoms with Crippen LogP contribution in [0.15, 0.2) is 42.5 Å². The minimum Gasteiger partial charge on any atom is -0.367 e. The summed E-state index contributed by atoms with van der Waals surface area (Å²) < 4.78 is 19.0. The predicted molar refractivity (Wildman–Crippen MR) is 80.9 cm³/mol. The fourth-order valence-corrected chi connectivity index (χ4v) is 2.66. The van der Waals surface area contributed by atoms with Crippen molar-refractivity contribution in [2.75, 3.05) is 18.0 Å². The second kappa shape index (κ2) is 6.12. The molecular formula is C17H16FN3O. The van der Waals surface area contributed by atoms with Gasteiger partial charge >= 0.3 is 0 Å². The number of nitrogens with zero attached hydrogens (tertiary/aromatic N) is 3. The van der Waals surface area contributed by atoms with Crippen LogP contribution in [0.1, 0.15) is 24.3 Å². The molecule has 1 fully saturated rings. The van der Waals surface area contributed by atoms with Crippen LogP contribution in [0.3, 0.4) is 0 Å². The van der Waals surface area contributed by atoms with Crippen molar-refractivity contribution >= 4 is 5.82 Å². The van der Waals surface area contributed by atoms with Crippen molar-refractivity contribution in [1.82, 2.24) is 4.98 Å². The molecule has 4 nitrogen and oxygen atoms in total. The van der Waals surface area contributed by atoms with Gasteiger partial charge in [0.1, 0.15) is 29.5 Å². The molecule has 0 N–H and O–H groups in total. The number of morpholine rings is 1. The van der Waals surface area contributed by atoms with E-state index in [1.54, 1.807) is 18.2 Å². The first-order valence-electron chi connectivity index (χ1n) is 7.19. The zero-order valence-corrected chi connectivity index (χ0v) is 12.2. The number of nitriles is 1. The summed E-state index contributed by atoms with van der Waals surface area (Å²) >= 11 is 0. The van der Waals surface area contributed by atoms with Crippen molar-refractivity contribution in [3.63, 3.8) is 0 Å². The largest absolute Gasteiger partial charge is 0.367 e. The maximum absolute atomic E-state index is 13.1. The molecule has 0 radical (unpaired) electrons. The van der Waals surface area contributed by atoms with Gasteiger partial charge in [0, 0.05) is 13.1 Å². The summed E-state index contributed by atoms with van der Waals surface area (Å²) in [5.41, 5.74) is 1.34. The molecule has 2 aromatic rings. The van der Waals surface area contributed by atoms with Gasteiger partial charge in [0.05, 0.1) is 6.10 Å². The highest BCUT2D eigenvalue weighted by Crippen LogP contribution is 2.28. The molecule has 1 aliphatic heterocycles. The van der Waals surface area contributed by atoms with Gasteiger partial charge < -0.3 is 9.64 Å². The van der Waals surface area contributed by atoms with Gasteiger partial charge in [-0.2, -0.15) is 5.26 Å². The quantitative estimate of drug-likeness (QED) is 0.855. The molecule has 3 rings (SSSR count). The van der Waals surface area contributed by atoms with Crippen LogP contribution < -0.4 is 4.90 Å². The van der Waals surface area contributed by atoms with Gasteiger partial charge in [-0.3, -0.25) is 0 Å². The summed E-state index contributed by atoms with van der Waals surface area (Å²) in [7, 11) is 0. The molecule has 1 aromatic heterocycles. The molecule has 0 amide bonds. The molecule has 1 aliphatic rings. The topological polar surface area (TPSA) is 49.2 Å². The third-order valence-electron chi connectivity index (χ3n) is 3.68. The van der Waals surface area contributed by atoms with Gasteiger partial charge in [0.15, 0.2) is 0 Å². The van der Waals surface area contributed by atoms with E-state index in [9.17, 15) is 4.39 Å². The molecule has 2 unspecified atom stereocenters. The lowest BCUT2D eigenvalue weighted by atomic mass is 10.1. The Kier molecular flexibility index (Phi) is 4.03. The fraction of sp³-hybridized carbons (Fsp3) is 0.294. The number of aromatic nitrogens is 1. The summed E-state index contributed by atoms with van der Waals surface area (Å²) in [4.78, 5) is 6.44. The van der Waals surface area contributed by atoms with Crippen LogP contribution in [-0.2, 0) is 4.74 Å². The zero-order chi connectivity index (χ0) is 15.5. The van der Waals surface area contributed by atoms with Crippen molar-refractivity contribution < 1.29 is 9.13 Å². The number of ether oxygens (including phenoxy) is 1. The third-order valence-corrected chi connectivity index (χ3v) is 3.68. The molecule has 0 spiro atoms. The Hall–Kier alpha value is -2.45. The first kappa shape index (κ1) is 14.5. The lowest BCUT2D eigenvalue weighted by molar-refractivity contribution is -0.0176. The molecule has 0 saturated carbocycles. The van der Waals surface area contributed by atoms with E-state index in [1.165, 1.54) is 12.1 Å². The number of hydrogen-bond acceptors (Lipinski definition) is 4. The summed E-state index contributed by atoms with van der Waals surface area (Å²) in [5, 5.41) is 8.98. The Morgan fingerprint density at radius 1 is 1.23 bits per heavy atom. The van der Waals surface area contributed by atoms with E-state index in [4.69, 9.17) is 10.00 Å². The summed E-state index contributed by atoms with van der Waals surface area (Å²) in [6.07, 6.45) is -0.117. The number of hydrogen-bond donors (Lipinski definition) is 0. The van der Waals surface area contributed by atoms with Crippen molar-refractivity contribution in [3.8, 4) is 6.07 Å². The van der Waals surface area contributed by atoms with E-state index in [2.05, 4.69) is 16.0 Å². The van der Waals surface area contributed by atoms with Crippen molar-refractivity contribution in [2.45, 2.75) is 19.1 Å². The lowest BCUT2D eigenvalue weighted by Crippen LogP contribution is -2.43. The monoisotopic (exact) mass is 297 g/mol. The van der Waals surface area contributed by atoms with Crippen molar-refractivity contribution in [1.29, 1.82) is 5.26 Å².